The zero-order valence-electron chi connectivity index (χ0n) is 13.7. The van der Waals surface area contributed by atoms with Crippen LogP contribution in [-0.2, 0) is 17.6 Å². The first-order chi connectivity index (χ1) is 11.7. The molecule has 2 heterocycles. The van der Waals surface area contributed by atoms with Crippen LogP contribution in [0.1, 0.15) is 63.1 Å². The highest BCUT2D eigenvalue weighted by molar-refractivity contribution is 7.17. The summed E-state index contributed by atoms with van der Waals surface area (Å²) in [6, 6.07) is 3.63. The van der Waals surface area contributed by atoms with Crippen LogP contribution in [0.3, 0.4) is 0 Å². The number of rotatable bonds is 4. The Labute approximate surface area is 149 Å². The van der Waals surface area contributed by atoms with Gasteiger partial charge < -0.3 is 10.1 Å². The minimum Gasteiger partial charge on any atom is -0.462 e. The molecule has 1 aliphatic rings. The van der Waals surface area contributed by atoms with Crippen LogP contribution in [0.4, 0.5) is 5.00 Å². The molecule has 6 heteroatoms. The van der Waals surface area contributed by atoms with Gasteiger partial charge in [-0.05, 0) is 49.6 Å². The van der Waals surface area contributed by atoms with Gasteiger partial charge in [0.1, 0.15) is 5.00 Å². The van der Waals surface area contributed by atoms with E-state index in [0.717, 1.165) is 31.2 Å². The van der Waals surface area contributed by atoms with E-state index in [1.54, 1.807) is 13.0 Å². The van der Waals surface area contributed by atoms with Crippen LogP contribution in [0.2, 0.25) is 0 Å². The van der Waals surface area contributed by atoms with Gasteiger partial charge in [0.05, 0.1) is 17.0 Å². The molecular formula is C18H21NO3S2. The van der Waals surface area contributed by atoms with E-state index in [1.807, 2.05) is 11.4 Å². The number of amides is 1. The first kappa shape index (κ1) is 17.2. The molecule has 1 N–H and O–H groups in total. The number of anilines is 1. The van der Waals surface area contributed by atoms with E-state index in [-0.39, 0.29) is 11.9 Å². The van der Waals surface area contributed by atoms with Gasteiger partial charge in [0.25, 0.3) is 5.91 Å². The third-order valence-electron chi connectivity index (χ3n) is 4.12. The second-order valence-corrected chi connectivity index (χ2v) is 7.83. The van der Waals surface area contributed by atoms with Gasteiger partial charge in [-0.2, -0.15) is 0 Å². The zero-order valence-corrected chi connectivity index (χ0v) is 15.4. The van der Waals surface area contributed by atoms with Crippen molar-refractivity contribution in [3.63, 3.8) is 0 Å². The summed E-state index contributed by atoms with van der Waals surface area (Å²) < 4.78 is 5.26. The highest BCUT2D eigenvalue weighted by Gasteiger charge is 2.26. The molecule has 0 fully saturated rings. The molecule has 1 amide bonds. The van der Waals surface area contributed by atoms with Crippen molar-refractivity contribution in [1.29, 1.82) is 0 Å². The van der Waals surface area contributed by atoms with Crippen LogP contribution >= 0.6 is 22.7 Å². The Hall–Kier alpha value is -1.66. The van der Waals surface area contributed by atoms with Crippen molar-refractivity contribution in [2.75, 3.05) is 11.9 Å². The van der Waals surface area contributed by atoms with Gasteiger partial charge in [0, 0.05) is 4.88 Å². The van der Waals surface area contributed by atoms with E-state index < -0.39 is 0 Å². The van der Waals surface area contributed by atoms with Crippen molar-refractivity contribution >= 4 is 39.6 Å². The molecule has 0 saturated carbocycles. The van der Waals surface area contributed by atoms with Gasteiger partial charge in [-0.25, -0.2) is 4.79 Å². The van der Waals surface area contributed by atoms with Gasteiger partial charge in [-0.15, -0.1) is 22.7 Å². The van der Waals surface area contributed by atoms with Crippen LogP contribution < -0.4 is 5.32 Å². The lowest BCUT2D eigenvalue weighted by atomic mass is 9.96. The topological polar surface area (TPSA) is 55.4 Å². The molecule has 0 bridgehead atoms. The smallest absolute Gasteiger partial charge is 0.341 e. The van der Waals surface area contributed by atoms with Crippen LogP contribution in [0.15, 0.2) is 17.5 Å². The quantitative estimate of drug-likeness (QED) is 0.786. The lowest BCUT2D eigenvalue weighted by Crippen LogP contribution is -2.14. The van der Waals surface area contributed by atoms with Crippen molar-refractivity contribution in [3.05, 3.63) is 38.4 Å². The molecule has 1 aliphatic carbocycles. The minimum absolute atomic E-state index is 0.162. The molecule has 0 saturated heterocycles. The van der Waals surface area contributed by atoms with Crippen molar-refractivity contribution in [3.8, 4) is 0 Å². The number of hydrogen-bond acceptors (Lipinski definition) is 5. The van der Waals surface area contributed by atoms with Crippen LogP contribution in [0.5, 0.6) is 0 Å². The number of aryl methyl sites for hydroxylation is 1. The van der Waals surface area contributed by atoms with Gasteiger partial charge in [-0.3, -0.25) is 4.79 Å². The van der Waals surface area contributed by atoms with Crippen LogP contribution in [-0.4, -0.2) is 18.5 Å². The van der Waals surface area contributed by atoms with Gasteiger partial charge in [-0.1, -0.05) is 18.9 Å². The van der Waals surface area contributed by atoms with E-state index in [4.69, 9.17) is 4.74 Å². The zero-order chi connectivity index (χ0) is 16.9. The summed E-state index contributed by atoms with van der Waals surface area (Å²) in [7, 11) is 0. The molecule has 128 valence electrons. The van der Waals surface area contributed by atoms with Gasteiger partial charge in [0.15, 0.2) is 0 Å². The molecule has 4 nitrogen and oxygen atoms in total. The largest absolute Gasteiger partial charge is 0.462 e. The van der Waals surface area contributed by atoms with Crippen LogP contribution in [0.25, 0.3) is 0 Å². The summed E-state index contributed by atoms with van der Waals surface area (Å²) in [6.45, 7) is 2.14. The average molecular weight is 364 g/mol. The van der Waals surface area contributed by atoms with E-state index in [2.05, 4.69) is 5.32 Å². The van der Waals surface area contributed by atoms with Crippen molar-refractivity contribution in [1.82, 2.24) is 0 Å². The number of thiophene rings is 2. The number of esters is 1. The molecule has 24 heavy (non-hydrogen) atoms. The summed E-state index contributed by atoms with van der Waals surface area (Å²) in [4.78, 5) is 26.8. The van der Waals surface area contributed by atoms with Gasteiger partial charge >= 0.3 is 5.97 Å². The maximum atomic E-state index is 12.5. The summed E-state index contributed by atoms with van der Waals surface area (Å²) in [5.74, 6) is -0.484. The Bertz CT molecular complexity index is 719. The van der Waals surface area contributed by atoms with Gasteiger partial charge in [0.2, 0.25) is 0 Å². The van der Waals surface area contributed by atoms with Crippen molar-refractivity contribution in [2.45, 2.75) is 45.4 Å². The maximum absolute atomic E-state index is 12.5. The highest BCUT2D eigenvalue weighted by atomic mass is 32.1. The summed E-state index contributed by atoms with van der Waals surface area (Å²) in [6.07, 6.45) is 6.48. The molecule has 2 aromatic rings. The number of hydrogen-bond donors (Lipinski definition) is 1. The number of carbonyl (C=O) groups is 2. The molecule has 3 rings (SSSR count). The fourth-order valence-electron chi connectivity index (χ4n) is 3.00. The van der Waals surface area contributed by atoms with Crippen molar-refractivity contribution < 1.29 is 14.3 Å². The Morgan fingerprint density at radius 3 is 2.71 bits per heavy atom. The molecule has 0 atom stereocenters. The molecule has 0 unspecified atom stereocenters. The molecule has 2 aromatic heterocycles. The first-order valence-electron chi connectivity index (χ1n) is 8.37. The van der Waals surface area contributed by atoms with E-state index in [1.165, 1.54) is 40.4 Å². The Kier molecular flexibility index (Phi) is 5.68. The predicted molar refractivity (Wildman–Crippen MR) is 98.4 cm³/mol. The van der Waals surface area contributed by atoms with E-state index in [9.17, 15) is 9.59 Å². The second kappa shape index (κ2) is 7.94. The standard InChI is InChI=1S/C18H21NO3S2/c1-2-22-18(21)15-12-8-5-3-4-6-9-13(12)24-17(15)19-16(20)14-10-7-11-23-14/h7,10-11H,2-6,8-9H2,1H3,(H,19,20). The molecule has 0 aromatic carbocycles. The molecule has 0 aliphatic heterocycles. The minimum atomic E-state index is -0.322. The summed E-state index contributed by atoms with van der Waals surface area (Å²) >= 11 is 2.93. The monoisotopic (exact) mass is 363 g/mol. The normalized spacial score (nSPS) is 14.4. The third-order valence-corrected chi connectivity index (χ3v) is 6.20. The van der Waals surface area contributed by atoms with Crippen LogP contribution in [0, 0.1) is 0 Å². The molecule has 0 radical (unpaired) electrons. The number of ether oxygens (including phenoxy) is 1. The summed E-state index contributed by atoms with van der Waals surface area (Å²) in [5, 5.41) is 5.45. The SMILES string of the molecule is CCOC(=O)c1c(NC(=O)c2cccs2)sc2c1CCCCCC2. The highest BCUT2D eigenvalue weighted by Crippen LogP contribution is 2.38. The Balaban J connectivity index is 1.95. The number of nitrogens with one attached hydrogen (secondary N) is 1. The first-order valence-corrected chi connectivity index (χ1v) is 10.1. The fraction of sp³-hybridized carbons (Fsp3) is 0.444. The Morgan fingerprint density at radius 1 is 1.21 bits per heavy atom. The predicted octanol–water partition coefficient (Wildman–Crippen LogP) is 4.90. The lowest BCUT2D eigenvalue weighted by Gasteiger charge is -2.11. The number of fused-ring (bicyclic) bond motifs is 1. The van der Waals surface area contributed by atoms with Crippen molar-refractivity contribution in [2.24, 2.45) is 0 Å². The van der Waals surface area contributed by atoms with E-state index >= 15 is 0 Å². The Morgan fingerprint density at radius 2 is 2.00 bits per heavy atom. The second-order valence-electron chi connectivity index (χ2n) is 5.77. The fourth-order valence-corrected chi connectivity index (χ4v) is 4.89. The molecule has 0 spiro atoms. The summed E-state index contributed by atoms with van der Waals surface area (Å²) in [5.41, 5.74) is 1.66. The third kappa shape index (κ3) is 3.70. The number of carbonyl (C=O) groups excluding carboxylic acids is 2. The average Bonchev–Trinajstić information content (AvgIpc) is 3.16. The molecular weight excluding hydrogens is 342 g/mol. The van der Waals surface area contributed by atoms with E-state index in [0.29, 0.717) is 22.0 Å². The maximum Gasteiger partial charge on any atom is 0.341 e. The lowest BCUT2D eigenvalue weighted by molar-refractivity contribution is 0.0526.